The average molecular weight is 183 g/mol. The molecule has 1 aromatic rings. The lowest BCUT2D eigenvalue weighted by atomic mass is 10.1. The van der Waals surface area contributed by atoms with E-state index >= 15 is 0 Å². The fourth-order valence-electron chi connectivity index (χ4n) is 0.815. The maximum atomic E-state index is 10.4. The SMILES string of the molecule is O=Nc1ccc(C(=O)O)c(O)c1O. The van der Waals surface area contributed by atoms with Gasteiger partial charge in [0.1, 0.15) is 5.56 Å². The summed E-state index contributed by atoms with van der Waals surface area (Å²) in [5.41, 5.74) is -0.882. The Bertz CT molecular complexity index is 373. The van der Waals surface area contributed by atoms with Crippen LogP contribution in [0.3, 0.4) is 0 Å². The summed E-state index contributed by atoms with van der Waals surface area (Å²) in [5.74, 6) is -3.08. The molecule has 0 fully saturated rings. The van der Waals surface area contributed by atoms with Crippen LogP contribution in [0.15, 0.2) is 17.3 Å². The van der Waals surface area contributed by atoms with Gasteiger partial charge in [0.15, 0.2) is 17.2 Å². The number of aromatic carboxylic acids is 1. The largest absolute Gasteiger partial charge is 0.504 e. The number of nitroso groups, excluding NO2 is 1. The number of rotatable bonds is 2. The van der Waals surface area contributed by atoms with Crippen molar-refractivity contribution in [3.05, 3.63) is 22.6 Å². The molecule has 0 aliphatic rings. The summed E-state index contributed by atoms with van der Waals surface area (Å²) in [6.07, 6.45) is 0. The van der Waals surface area contributed by atoms with Gasteiger partial charge in [0, 0.05) is 0 Å². The van der Waals surface area contributed by atoms with E-state index in [1.165, 1.54) is 0 Å². The van der Waals surface area contributed by atoms with Crippen molar-refractivity contribution in [3.8, 4) is 11.5 Å². The molecule has 3 N–H and O–H groups in total. The lowest BCUT2D eigenvalue weighted by molar-refractivity contribution is 0.0693. The topological polar surface area (TPSA) is 107 Å². The van der Waals surface area contributed by atoms with E-state index in [9.17, 15) is 9.70 Å². The first-order valence-electron chi connectivity index (χ1n) is 3.19. The molecule has 13 heavy (non-hydrogen) atoms. The monoisotopic (exact) mass is 183 g/mol. The molecule has 0 amide bonds. The fraction of sp³-hybridized carbons (Fsp3) is 0. The van der Waals surface area contributed by atoms with Crippen LogP contribution in [0.2, 0.25) is 0 Å². The molecule has 0 spiro atoms. The molecular weight excluding hydrogens is 178 g/mol. The highest BCUT2D eigenvalue weighted by Crippen LogP contribution is 2.37. The quantitative estimate of drug-likeness (QED) is 0.471. The number of carboxylic acid groups (broad SMARTS) is 1. The summed E-state index contributed by atoms with van der Waals surface area (Å²) >= 11 is 0. The average Bonchev–Trinajstić information content (AvgIpc) is 2.09. The summed E-state index contributed by atoms with van der Waals surface area (Å²) in [5, 5.41) is 28.9. The van der Waals surface area contributed by atoms with Crippen LogP contribution in [-0.4, -0.2) is 21.3 Å². The second-order valence-corrected chi connectivity index (χ2v) is 2.23. The number of hydrogen-bond donors (Lipinski definition) is 3. The number of aromatic hydroxyl groups is 2. The van der Waals surface area contributed by atoms with Gasteiger partial charge >= 0.3 is 5.97 Å². The molecule has 0 aromatic heterocycles. The molecule has 0 saturated carbocycles. The molecule has 0 saturated heterocycles. The Labute approximate surface area is 72.0 Å². The van der Waals surface area contributed by atoms with Crippen molar-refractivity contribution in [2.75, 3.05) is 0 Å². The van der Waals surface area contributed by atoms with Crippen LogP contribution in [0.4, 0.5) is 5.69 Å². The Kier molecular flexibility index (Phi) is 2.14. The van der Waals surface area contributed by atoms with E-state index in [1.807, 2.05) is 0 Å². The van der Waals surface area contributed by atoms with E-state index in [1.54, 1.807) is 0 Å². The van der Waals surface area contributed by atoms with Crippen LogP contribution in [-0.2, 0) is 0 Å². The molecule has 1 aromatic carbocycles. The first kappa shape index (κ1) is 8.98. The molecule has 0 radical (unpaired) electrons. The highest BCUT2D eigenvalue weighted by atomic mass is 16.4. The Balaban J connectivity index is 3.39. The zero-order valence-electron chi connectivity index (χ0n) is 6.26. The van der Waals surface area contributed by atoms with E-state index < -0.39 is 28.7 Å². The van der Waals surface area contributed by atoms with Crippen LogP contribution in [0.25, 0.3) is 0 Å². The van der Waals surface area contributed by atoms with Crippen LogP contribution in [0.1, 0.15) is 10.4 Å². The summed E-state index contributed by atoms with van der Waals surface area (Å²) in [7, 11) is 0. The number of benzene rings is 1. The highest BCUT2D eigenvalue weighted by molar-refractivity contribution is 5.92. The standard InChI is InChI=1S/C7H5NO5/c9-5-3(7(11)12)1-2-4(8-13)6(5)10/h1-2,9-10H,(H,11,12). The number of nitrogens with zero attached hydrogens (tertiary/aromatic N) is 1. The second-order valence-electron chi connectivity index (χ2n) is 2.23. The molecule has 6 nitrogen and oxygen atoms in total. The molecular formula is C7H5NO5. The number of carbonyl (C=O) groups is 1. The van der Waals surface area contributed by atoms with Gasteiger partial charge in [-0.15, -0.1) is 4.91 Å². The van der Waals surface area contributed by atoms with E-state index in [-0.39, 0.29) is 0 Å². The first-order valence-corrected chi connectivity index (χ1v) is 3.19. The van der Waals surface area contributed by atoms with Gasteiger partial charge in [0.25, 0.3) is 0 Å². The van der Waals surface area contributed by atoms with Crippen molar-refractivity contribution in [3.63, 3.8) is 0 Å². The van der Waals surface area contributed by atoms with Crippen molar-refractivity contribution in [1.82, 2.24) is 0 Å². The molecule has 0 heterocycles. The Morgan fingerprint density at radius 3 is 2.31 bits per heavy atom. The zero-order valence-corrected chi connectivity index (χ0v) is 6.26. The lowest BCUT2D eigenvalue weighted by Gasteiger charge is -2.02. The van der Waals surface area contributed by atoms with Gasteiger partial charge in [-0.1, -0.05) is 0 Å². The van der Waals surface area contributed by atoms with E-state index in [0.717, 1.165) is 12.1 Å². The Morgan fingerprint density at radius 2 is 1.85 bits per heavy atom. The molecule has 1 rings (SSSR count). The number of hydrogen-bond acceptors (Lipinski definition) is 5. The molecule has 0 aliphatic carbocycles. The smallest absolute Gasteiger partial charge is 0.339 e. The minimum atomic E-state index is -1.40. The van der Waals surface area contributed by atoms with Crippen molar-refractivity contribution in [1.29, 1.82) is 0 Å². The molecule has 0 bridgehead atoms. The fourth-order valence-corrected chi connectivity index (χ4v) is 0.815. The van der Waals surface area contributed by atoms with Gasteiger partial charge in [0.05, 0.1) is 0 Å². The van der Waals surface area contributed by atoms with Gasteiger partial charge in [-0.05, 0) is 17.3 Å². The van der Waals surface area contributed by atoms with Crippen LogP contribution < -0.4 is 0 Å². The number of carboxylic acids is 1. The molecule has 0 unspecified atom stereocenters. The van der Waals surface area contributed by atoms with Crippen LogP contribution in [0, 0.1) is 4.91 Å². The highest BCUT2D eigenvalue weighted by Gasteiger charge is 2.16. The Morgan fingerprint density at radius 1 is 1.23 bits per heavy atom. The minimum Gasteiger partial charge on any atom is -0.504 e. The molecule has 6 heteroatoms. The predicted molar refractivity (Wildman–Crippen MR) is 42.2 cm³/mol. The number of phenols is 2. The third-order valence-electron chi connectivity index (χ3n) is 1.46. The van der Waals surface area contributed by atoms with E-state index in [4.69, 9.17) is 15.3 Å². The molecule has 0 atom stereocenters. The lowest BCUT2D eigenvalue weighted by Crippen LogP contribution is -1.96. The maximum absolute atomic E-state index is 10.4. The van der Waals surface area contributed by atoms with Crippen LogP contribution >= 0.6 is 0 Å². The predicted octanol–water partition coefficient (Wildman–Crippen LogP) is 1.19. The van der Waals surface area contributed by atoms with Gasteiger partial charge < -0.3 is 15.3 Å². The van der Waals surface area contributed by atoms with Crippen LogP contribution in [0.5, 0.6) is 11.5 Å². The number of phenolic OH excluding ortho intramolecular Hbond substituents is 1. The van der Waals surface area contributed by atoms with Crippen molar-refractivity contribution in [2.45, 2.75) is 0 Å². The third-order valence-corrected chi connectivity index (χ3v) is 1.46. The molecule has 0 aliphatic heterocycles. The van der Waals surface area contributed by atoms with Gasteiger partial charge in [-0.25, -0.2) is 4.79 Å². The summed E-state index contributed by atoms with van der Waals surface area (Å²) in [6, 6.07) is 1.99. The summed E-state index contributed by atoms with van der Waals surface area (Å²) in [6.45, 7) is 0. The second kappa shape index (κ2) is 3.10. The molecule has 68 valence electrons. The summed E-state index contributed by atoms with van der Waals surface area (Å²) < 4.78 is 0. The van der Waals surface area contributed by atoms with Crippen molar-refractivity contribution >= 4 is 11.7 Å². The van der Waals surface area contributed by atoms with Gasteiger partial charge in [0.2, 0.25) is 0 Å². The Hall–Kier alpha value is -2.11. The minimum absolute atomic E-state index is 0.400. The zero-order chi connectivity index (χ0) is 10.0. The van der Waals surface area contributed by atoms with Crippen molar-refractivity contribution < 1.29 is 20.1 Å². The summed E-state index contributed by atoms with van der Waals surface area (Å²) in [4.78, 5) is 20.4. The van der Waals surface area contributed by atoms with E-state index in [0.29, 0.717) is 0 Å². The van der Waals surface area contributed by atoms with E-state index in [2.05, 4.69) is 5.18 Å². The maximum Gasteiger partial charge on any atom is 0.339 e. The third kappa shape index (κ3) is 1.41. The van der Waals surface area contributed by atoms with Gasteiger partial charge in [-0.2, -0.15) is 0 Å². The van der Waals surface area contributed by atoms with Crippen molar-refractivity contribution in [2.24, 2.45) is 5.18 Å². The van der Waals surface area contributed by atoms with Gasteiger partial charge in [-0.3, -0.25) is 0 Å². The first-order chi connectivity index (χ1) is 6.07. The normalized spacial score (nSPS) is 9.54.